The maximum atomic E-state index is 11.4. The van der Waals surface area contributed by atoms with E-state index in [1.807, 2.05) is 30.3 Å². The minimum Gasteiger partial charge on any atom is -0.480 e. The number of aliphatic carboxylic acids is 1. The molecule has 1 aromatic carbocycles. The fourth-order valence-corrected chi connectivity index (χ4v) is 2.18. The summed E-state index contributed by atoms with van der Waals surface area (Å²) in [5.74, 6) is 4.87. The van der Waals surface area contributed by atoms with Crippen molar-refractivity contribution in [3.05, 3.63) is 35.9 Å². The molecule has 0 amide bonds. The first-order chi connectivity index (χ1) is 10.9. The van der Waals surface area contributed by atoms with Gasteiger partial charge in [0, 0.05) is 13.0 Å². The van der Waals surface area contributed by atoms with Crippen molar-refractivity contribution in [2.45, 2.75) is 57.6 Å². The van der Waals surface area contributed by atoms with Crippen LogP contribution in [0.5, 0.6) is 0 Å². The van der Waals surface area contributed by atoms with Crippen LogP contribution in [0.3, 0.4) is 0 Å². The summed E-state index contributed by atoms with van der Waals surface area (Å²) in [6.07, 6.45) is 4.43. The maximum absolute atomic E-state index is 11.4. The summed E-state index contributed by atoms with van der Waals surface area (Å²) in [5, 5.41) is 22.5. The molecular formula is C19H27NO3. The van der Waals surface area contributed by atoms with Crippen molar-refractivity contribution in [3.63, 3.8) is 0 Å². The predicted molar refractivity (Wildman–Crippen MR) is 92.1 cm³/mol. The lowest BCUT2D eigenvalue weighted by molar-refractivity contribution is -0.139. The van der Waals surface area contributed by atoms with Crippen LogP contribution in [0, 0.1) is 11.8 Å². The molecule has 0 saturated carbocycles. The number of hydrogen-bond donors (Lipinski definition) is 3. The lowest BCUT2D eigenvalue weighted by atomic mass is 10.0. The zero-order valence-electron chi connectivity index (χ0n) is 14.0. The fraction of sp³-hybridized carbons (Fsp3) is 0.526. The maximum Gasteiger partial charge on any atom is 0.321 e. The molecule has 4 nitrogen and oxygen atoms in total. The van der Waals surface area contributed by atoms with E-state index in [2.05, 4.69) is 24.1 Å². The van der Waals surface area contributed by atoms with Crippen LogP contribution in [-0.2, 0) is 11.2 Å². The molecule has 1 aromatic rings. The minimum absolute atomic E-state index is 0.123. The molecule has 1 rings (SSSR count). The molecule has 0 aliphatic carbocycles. The van der Waals surface area contributed by atoms with Gasteiger partial charge in [-0.25, -0.2) is 0 Å². The van der Waals surface area contributed by atoms with Gasteiger partial charge in [-0.1, -0.05) is 56.0 Å². The molecule has 0 fully saturated rings. The highest BCUT2D eigenvalue weighted by Gasteiger charge is 2.23. The van der Waals surface area contributed by atoms with E-state index in [4.69, 9.17) is 0 Å². The molecule has 0 aliphatic heterocycles. The number of rotatable bonds is 9. The Morgan fingerprint density at radius 1 is 1.30 bits per heavy atom. The first-order valence-corrected chi connectivity index (χ1v) is 8.17. The molecule has 2 unspecified atom stereocenters. The second-order valence-electron chi connectivity index (χ2n) is 5.99. The Morgan fingerprint density at radius 2 is 2.00 bits per heavy atom. The highest BCUT2D eigenvalue weighted by Crippen LogP contribution is 2.06. The Bertz CT molecular complexity index is 529. The number of benzene rings is 1. The molecule has 0 heterocycles. The van der Waals surface area contributed by atoms with Crippen LogP contribution in [0.25, 0.3) is 0 Å². The third-order valence-electron chi connectivity index (χ3n) is 3.54. The van der Waals surface area contributed by atoms with Crippen LogP contribution in [-0.4, -0.2) is 34.4 Å². The fourth-order valence-electron chi connectivity index (χ4n) is 2.18. The minimum atomic E-state index is -1.23. The topological polar surface area (TPSA) is 69.6 Å². The van der Waals surface area contributed by atoms with Crippen molar-refractivity contribution < 1.29 is 15.0 Å². The van der Waals surface area contributed by atoms with Crippen molar-refractivity contribution in [1.29, 1.82) is 0 Å². The predicted octanol–water partition coefficient (Wildman–Crippen LogP) is 2.61. The average Bonchev–Trinajstić information content (AvgIpc) is 2.52. The summed E-state index contributed by atoms with van der Waals surface area (Å²) in [6.45, 7) is 3.86. The van der Waals surface area contributed by atoms with Crippen LogP contribution in [0.2, 0.25) is 0 Å². The Hall–Kier alpha value is -1.83. The van der Waals surface area contributed by atoms with Crippen LogP contribution in [0.1, 0.15) is 45.1 Å². The van der Waals surface area contributed by atoms with Crippen molar-refractivity contribution in [2.75, 3.05) is 6.54 Å². The van der Waals surface area contributed by atoms with Crippen LogP contribution < -0.4 is 5.32 Å². The molecule has 0 saturated heterocycles. The van der Waals surface area contributed by atoms with Gasteiger partial charge in [-0.3, -0.25) is 4.79 Å². The van der Waals surface area contributed by atoms with E-state index in [1.165, 1.54) is 0 Å². The average molecular weight is 317 g/mol. The van der Waals surface area contributed by atoms with E-state index in [0.717, 1.165) is 31.2 Å². The number of carbonyl (C=O) groups is 1. The number of carboxylic acids is 1. The van der Waals surface area contributed by atoms with Gasteiger partial charge < -0.3 is 15.5 Å². The summed E-state index contributed by atoms with van der Waals surface area (Å²) in [4.78, 5) is 11.4. The zero-order valence-corrected chi connectivity index (χ0v) is 14.0. The van der Waals surface area contributed by atoms with Gasteiger partial charge in [-0.15, -0.1) is 5.92 Å². The van der Waals surface area contributed by atoms with E-state index in [9.17, 15) is 15.0 Å². The largest absolute Gasteiger partial charge is 0.480 e. The SMILES string of the molecule is CCCCCC#CC(C)(O)CNC(Cc1ccccc1)C(=O)O. The van der Waals surface area contributed by atoms with Crippen LogP contribution >= 0.6 is 0 Å². The van der Waals surface area contributed by atoms with E-state index < -0.39 is 17.6 Å². The van der Waals surface area contributed by atoms with Crippen molar-refractivity contribution >= 4 is 5.97 Å². The normalized spacial score (nSPS) is 14.4. The van der Waals surface area contributed by atoms with Gasteiger partial charge in [0.25, 0.3) is 0 Å². The Kier molecular flexibility index (Phi) is 8.39. The number of hydrogen-bond acceptors (Lipinski definition) is 3. The molecular weight excluding hydrogens is 290 g/mol. The highest BCUT2D eigenvalue weighted by molar-refractivity contribution is 5.73. The Morgan fingerprint density at radius 3 is 2.61 bits per heavy atom. The molecule has 3 N–H and O–H groups in total. The summed E-state index contributed by atoms with van der Waals surface area (Å²) in [7, 11) is 0. The monoisotopic (exact) mass is 317 g/mol. The number of aliphatic hydroxyl groups is 1. The summed E-state index contributed by atoms with van der Waals surface area (Å²) in [6, 6.07) is 8.70. The molecule has 0 radical (unpaired) electrons. The van der Waals surface area contributed by atoms with E-state index in [1.54, 1.807) is 6.92 Å². The second-order valence-corrected chi connectivity index (χ2v) is 5.99. The molecule has 126 valence electrons. The standard InChI is InChI=1S/C19H27NO3/c1-3-4-5-6-10-13-19(2,23)15-20-17(18(21)22)14-16-11-8-7-9-12-16/h7-9,11-12,17,20,23H,3-6,14-15H2,1-2H3,(H,21,22). The second kappa shape index (κ2) is 10.0. The molecule has 0 bridgehead atoms. The van der Waals surface area contributed by atoms with Gasteiger partial charge in [-0.05, 0) is 25.3 Å². The zero-order chi connectivity index (χ0) is 17.1. The van der Waals surface area contributed by atoms with Crippen molar-refractivity contribution in [3.8, 4) is 11.8 Å². The molecule has 23 heavy (non-hydrogen) atoms. The van der Waals surface area contributed by atoms with Gasteiger partial charge in [0.1, 0.15) is 11.6 Å². The first-order valence-electron chi connectivity index (χ1n) is 8.17. The van der Waals surface area contributed by atoms with Crippen LogP contribution in [0.15, 0.2) is 30.3 Å². The summed E-state index contributed by atoms with van der Waals surface area (Å²) < 4.78 is 0. The van der Waals surface area contributed by atoms with E-state index >= 15 is 0 Å². The van der Waals surface area contributed by atoms with Crippen LogP contribution in [0.4, 0.5) is 0 Å². The quantitative estimate of drug-likeness (QED) is 0.484. The third kappa shape index (κ3) is 8.39. The first kappa shape index (κ1) is 19.2. The number of carboxylic acid groups (broad SMARTS) is 1. The number of nitrogens with one attached hydrogen (secondary N) is 1. The highest BCUT2D eigenvalue weighted by atomic mass is 16.4. The summed E-state index contributed by atoms with van der Waals surface area (Å²) >= 11 is 0. The Labute approximate surface area is 138 Å². The molecule has 2 atom stereocenters. The van der Waals surface area contributed by atoms with Gasteiger partial charge in [-0.2, -0.15) is 0 Å². The lowest BCUT2D eigenvalue weighted by Crippen LogP contribution is -2.46. The smallest absolute Gasteiger partial charge is 0.321 e. The number of unbranched alkanes of at least 4 members (excludes halogenated alkanes) is 3. The molecule has 0 aromatic heterocycles. The van der Waals surface area contributed by atoms with E-state index in [-0.39, 0.29) is 6.54 Å². The van der Waals surface area contributed by atoms with E-state index in [0.29, 0.717) is 6.42 Å². The summed E-state index contributed by atoms with van der Waals surface area (Å²) in [5.41, 5.74) is -0.283. The van der Waals surface area contributed by atoms with Gasteiger partial charge >= 0.3 is 5.97 Å². The molecule has 0 spiro atoms. The lowest BCUT2D eigenvalue weighted by Gasteiger charge is -2.21. The van der Waals surface area contributed by atoms with Crippen molar-refractivity contribution in [1.82, 2.24) is 5.32 Å². The van der Waals surface area contributed by atoms with Crippen molar-refractivity contribution in [2.24, 2.45) is 0 Å². The molecule has 4 heteroatoms. The third-order valence-corrected chi connectivity index (χ3v) is 3.54. The molecule has 0 aliphatic rings. The van der Waals surface area contributed by atoms with Gasteiger partial charge in [0.15, 0.2) is 0 Å². The van der Waals surface area contributed by atoms with Gasteiger partial charge in [0.05, 0.1) is 0 Å². The van der Waals surface area contributed by atoms with Gasteiger partial charge in [0.2, 0.25) is 0 Å². The Balaban J connectivity index is 2.52.